The lowest BCUT2D eigenvalue weighted by Crippen LogP contribution is -2.37. The predicted molar refractivity (Wildman–Crippen MR) is 95.9 cm³/mol. The van der Waals surface area contributed by atoms with Gasteiger partial charge in [-0.25, -0.2) is 0 Å². The lowest BCUT2D eigenvalue weighted by atomic mass is 10.1. The molecule has 118 valence electrons. The summed E-state index contributed by atoms with van der Waals surface area (Å²) >= 11 is 3.64. The quantitative estimate of drug-likeness (QED) is 0.777. The highest BCUT2D eigenvalue weighted by atomic mass is 79.9. The molecular formula is C18H29BrN2. The minimum atomic E-state index is 0.142. The Kier molecular flexibility index (Phi) is 5.37. The van der Waals surface area contributed by atoms with Gasteiger partial charge in [-0.05, 0) is 71.1 Å². The summed E-state index contributed by atoms with van der Waals surface area (Å²) in [5.74, 6) is 0.898. The maximum Gasteiger partial charge on any atom is 0.0425 e. The average Bonchev–Trinajstić information content (AvgIpc) is 3.17. The molecule has 1 saturated carbocycles. The molecular weight excluding hydrogens is 324 g/mol. The molecule has 0 bridgehead atoms. The van der Waals surface area contributed by atoms with E-state index in [1.165, 1.54) is 35.1 Å². The zero-order valence-electron chi connectivity index (χ0n) is 14.0. The van der Waals surface area contributed by atoms with Crippen LogP contribution < -0.4 is 10.2 Å². The van der Waals surface area contributed by atoms with Crippen molar-refractivity contribution in [1.29, 1.82) is 0 Å². The lowest BCUT2D eigenvalue weighted by Gasteiger charge is -2.32. The Balaban J connectivity index is 2.23. The Hall–Kier alpha value is -0.540. The highest BCUT2D eigenvalue weighted by molar-refractivity contribution is 9.10. The van der Waals surface area contributed by atoms with E-state index in [4.69, 9.17) is 0 Å². The Labute approximate surface area is 138 Å². The van der Waals surface area contributed by atoms with Gasteiger partial charge in [0, 0.05) is 34.8 Å². The van der Waals surface area contributed by atoms with Gasteiger partial charge in [-0.15, -0.1) is 0 Å². The normalized spacial score (nSPS) is 15.6. The van der Waals surface area contributed by atoms with Crippen LogP contribution in [0.15, 0.2) is 22.7 Å². The third-order valence-electron chi connectivity index (χ3n) is 3.94. The number of hydrogen-bond donors (Lipinski definition) is 1. The van der Waals surface area contributed by atoms with Crippen molar-refractivity contribution in [2.24, 2.45) is 5.92 Å². The third-order valence-corrected chi connectivity index (χ3v) is 4.43. The highest BCUT2D eigenvalue weighted by Crippen LogP contribution is 2.34. The lowest BCUT2D eigenvalue weighted by molar-refractivity contribution is 0.424. The second kappa shape index (κ2) is 6.70. The molecule has 1 N–H and O–H groups in total. The molecule has 2 rings (SSSR count). The van der Waals surface area contributed by atoms with Gasteiger partial charge in [-0.3, -0.25) is 0 Å². The summed E-state index contributed by atoms with van der Waals surface area (Å²) in [6.07, 6.45) is 2.79. The van der Waals surface area contributed by atoms with Crippen LogP contribution in [0.4, 0.5) is 5.69 Å². The van der Waals surface area contributed by atoms with Crippen molar-refractivity contribution in [3.63, 3.8) is 0 Å². The van der Waals surface area contributed by atoms with Crippen molar-refractivity contribution in [2.75, 3.05) is 11.4 Å². The molecule has 0 aliphatic heterocycles. The number of nitrogens with zero attached hydrogens (tertiary/aromatic N) is 1. The van der Waals surface area contributed by atoms with Gasteiger partial charge < -0.3 is 10.2 Å². The van der Waals surface area contributed by atoms with E-state index in [1.54, 1.807) is 0 Å². The minimum absolute atomic E-state index is 0.142. The second-order valence-corrected chi connectivity index (χ2v) is 8.48. The molecule has 0 aromatic heterocycles. The van der Waals surface area contributed by atoms with Gasteiger partial charge in [0.1, 0.15) is 0 Å². The van der Waals surface area contributed by atoms with Crippen molar-refractivity contribution in [1.82, 2.24) is 5.32 Å². The van der Waals surface area contributed by atoms with Crippen molar-refractivity contribution >= 4 is 21.6 Å². The molecule has 1 aromatic rings. The Bertz CT molecular complexity index is 473. The van der Waals surface area contributed by atoms with Crippen LogP contribution in [0, 0.1) is 5.92 Å². The van der Waals surface area contributed by atoms with E-state index in [9.17, 15) is 0 Å². The molecule has 0 amide bonds. The maximum atomic E-state index is 3.64. The monoisotopic (exact) mass is 352 g/mol. The van der Waals surface area contributed by atoms with Crippen LogP contribution >= 0.6 is 15.9 Å². The van der Waals surface area contributed by atoms with E-state index in [-0.39, 0.29) is 5.54 Å². The molecule has 0 saturated heterocycles. The smallest absolute Gasteiger partial charge is 0.0425 e. The van der Waals surface area contributed by atoms with Crippen LogP contribution in [0.3, 0.4) is 0 Å². The topological polar surface area (TPSA) is 15.3 Å². The largest absolute Gasteiger partial charge is 0.369 e. The summed E-state index contributed by atoms with van der Waals surface area (Å²) in [4.78, 5) is 2.57. The molecule has 0 spiro atoms. The van der Waals surface area contributed by atoms with Gasteiger partial charge >= 0.3 is 0 Å². The van der Waals surface area contributed by atoms with Crippen LogP contribution in [-0.2, 0) is 6.54 Å². The average molecular weight is 353 g/mol. The summed E-state index contributed by atoms with van der Waals surface area (Å²) in [7, 11) is 0. The first-order valence-corrected chi connectivity index (χ1v) is 8.85. The van der Waals surface area contributed by atoms with Crippen molar-refractivity contribution < 1.29 is 0 Å². The van der Waals surface area contributed by atoms with E-state index < -0.39 is 0 Å². The van der Waals surface area contributed by atoms with Gasteiger partial charge in [-0.2, -0.15) is 0 Å². The molecule has 1 fully saturated rings. The van der Waals surface area contributed by atoms with Crippen molar-refractivity contribution in [3.8, 4) is 0 Å². The standard InChI is InChI=1S/C18H29BrN2/c1-13(2)21(12-14-6-7-14)17-10-16(19)9-8-15(17)11-20-18(3,4)5/h8-10,13-14,20H,6-7,11-12H2,1-5H3. The molecule has 0 atom stereocenters. The van der Waals surface area contributed by atoms with Crippen LogP contribution in [0.5, 0.6) is 0 Å². The highest BCUT2D eigenvalue weighted by Gasteiger charge is 2.27. The second-order valence-electron chi connectivity index (χ2n) is 7.57. The SMILES string of the molecule is CC(C)N(CC1CC1)c1cc(Br)ccc1CNC(C)(C)C. The first-order valence-electron chi connectivity index (χ1n) is 8.06. The fourth-order valence-electron chi connectivity index (χ4n) is 2.48. The fraction of sp³-hybridized carbons (Fsp3) is 0.667. The summed E-state index contributed by atoms with van der Waals surface area (Å²) in [5.41, 5.74) is 2.91. The first-order chi connectivity index (χ1) is 9.76. The van der Waals surface area contributed by atoms with E-state index in [0.717, 1.165) is 12.5 Å². The summed E-state index contributed by atoms with van der Waals surface area (Å²) in [6.45, 7) is 13.4. The number of hydrogen-bond acceptors (Lipinski definition) is 2. The number of rotatable bonds is 6. The molecule has 0 heterocycles. The summed E-state index contributed by atoms with van der Waals surface area (Å²) in [6, 6.07) is 7.22. The molecule has 1 aromatic carbocycles. The van der Waals surface area contributed by atoms with E-state index in [0.29, 0.717) is 6.04 Å². The summed E-state index contributed by atoms with van der Waals surface area (Å²) < 4.78 is 1.17. The summed E-state index contributed by atoms with van der Waals surface area (Å²) in [5, 5.41) is 3.62. The van der Waals surface area contributed by atoms with Crippen LogP contribution in [-0.4, -0.2) is 18.1 Å². The van der Waals surface area contributed by atoms with Gasteiger partial charge in [0.2, 0.25) is 0 Å². The maximum absolute atomic E-state index is 3.64. The number of anilines is 1. The number of nitrogens with one attached hydrogen (secondary N) is 1. The molecule has 0 unspecified atom stereocenters. The zero-order chi connectivity index (χ0) is 15.6. The Morgan fingerprint density at radius 2 is 1.95 bits per heavy atom. The number of benzene rings is 1. The van der Waals surface area contributed by atoms with Crippen molar-refractivity contribution in [3.05, 3.63) is 28.2 Å². The molecule has 0 radical (unpaired) electrons. The van der Waals surface area contributed by atoms with Crippen LogP contribution in [0.1, 0.15) is 53.0 Å². The predicted octanol–water partition coefficient (Wildman–Crippen LogP) is 4.96. The van der Waals surface area contributed by atoms with E-state index in [1.807, 2.05) is 0 Å². The van der Waals surface area contributed by atoms with Gasteiger partial charge in [-0.1, -0.05) is 22.0 Å². The van der Waals surface area contributed by atoms with Gasteiger partial charge in [0.05, 0.1) is 0 Å². The molecule has 21 heavy (non-hydrogen) atoms. The van der Waals surface area contributed by atoms with Crippen LogP contribution in [0.25, 0.3) is 0 Å². The van der Waals surface area contributed by atoms with Crippen molar-refractivity contribution in [2.45, 2.75) is 65.6 Å². The number of halogens is 1. The molecule has 1 aliphatic carbocycles. The van der Waals surface area contributed by atoms with Gasteiger partial charge in [0.15, 0.2) is 0 Å². The minimum Gasteiger partial charge on any atom is -0.369 e. The van der Waals surface area contributed by atoms with Crippen LogP contribution in [0.2, 0.25) is 0 Å². The molecule has 1 aliphatic rings. The Morgan fingerprint density at radius 1 is 1.29 bits per heavy atom. The Morgan fingerprint density at radius 3 is 2.48 bits per heavy atom. The fourth-order valence-corrected chi connectivity index (χ4v) is 2.83. The molecule has 3 heteroatoms. The zero-order valence-corrected chi connectivity index (χ0v) is 15.6. The first kappa shape index (κ1) is 16.8. The van der Waals surface area contributed by atoms with E-state index in [2.05, 4.69) is 79.0 Å². The van der Waals surface area contributed by atoms with Gasteiger partial charge in [0.25, 0.3) is 0 Å². The molecule has 2 nitrogen and oxygen atoms in total. The van der Waals surface area contributed by atoms with E-state index >= 15 is 0 Å². The third kappa shape index (κ3) is 5.30.